The zero-order valence-electron chi connectivity index (χ0n) is 11.6. The Morgan fingerprint density at radius 1 is 1.25 bits per heavy atom. The number of benzene rings is 1. The molecule has 0 radical (unpaired) electrons. The number of halogens is 3. The number of ether oxygens (including phenoxy) is 1. The van der Waals surface area contributed by atoms with E-state index in [9.17, 15) is 13.2 Å². The monoisotopic (exact) mass is 288 g/mol. The van der Waals surface area contributed by atoms with E-state index in [0.29, 0.717) is 18.7 Å². The second-order valence-electron chi connectivity index (χ2n) is 5.21. The van der Waals surface area contributed by atoms with Crippen molar-refractivity contribution in [1.29, 1.82) is 0 Å². The highest BCUT2D eigenvalue weighted by molar-refractivity contribution is 5.56. The molecule has 0 aromatic heterocycles. The summed E-state index contributed by atoms with van der Waals surface area (Å²) in [5.74, 6) is 0. The van der Waals surface area contributed by atoms with Crippen molar-refractivity contribution in [3.05, 3.63) is 29.3 Å². The molecular formula is C14H19F3N2O. The first-order valence-electron chi connectivity index (χ1n) is 6.62. The van der Waals surface area contributed by atoms with Gasteiger partial charge in [0.2, 0.25) is 0 Å². The molecule has 2 rings (SSSR count). The summed E-state index contributed by atoms with van der Waals surface area (Å²) in [6.07, 6.45) is -4.24. The molecule has 0 saturated carbocycles. The average Bonchev–Trinajstić information content (AvgIpc) is 2.35. The van der Waals surface area contributed by atoms with Crippen molar-refractivity contribution >= 4 is 5.69 Å². The third-order valence-corrected chi connectivity index (χ3v) is 3.39. The molecule has 6 heteroatoms. The Balaban J connectivity index is 2.32. The lowest BCUT2D eigenvalue weighted by Crippen LogP contribution is -2.46. The molecule has 1 aliphatic heterocycles. The lowest BCUT2D eigenvalue weighted by Gasteiger charge is -2.38. The number of hydrogen-bond acceptors (Lipinski definition) is 3. The van der Waals surface area contributed by atoms with Crippen LogP contribution in [0.2, 0.25) is 0 Å². The molecule has 1 heterocycles. The number of hydrogen-bond donors (Lipinski definition) is 1. The van der Waals surface area contributed by atoms with Crippen molar-refractivity contribution in [1.82, 2.24) is 0 Å². The molecule has 1 aromatic rings. The minimum Gasteiger partial charge on any atom is -0.372 e. The fourth-order valence-electron chi connectivity index (χ4n) is 2.61. The fourth-order valence-corrected chi connectivity index (χ4v) is 2.61. The maximum Gasteiger partial charge on any atom is 0.416 e. The van der Waals surface area contributed by atoms with Crippen molar-refractivity contribution in [3.63, 3.8) is 0 Å². The van der Waals surface area contributed by atoms with Crippen LogP contribution in [-0.2, 0) is 17.5 Å². The van der Waals surface area contributed by atoms with Gasteiger partial charge in [0.1, 0.15) is 0 Å². The van der Waals surface area contributed by atoms with Gasteiger partial charge in [-0.25, -0.2) is 0 Å². The third-order valence-electron chi connectivity index (χ3n) is 3.39. The summed E-state index contributed by atoms with van der Waals surface area (Å²) in [6.45, 7) is 5.30. The Bertz CT molecular complexity index is 466. The molecule has 3 nitrogen and oxygen atoms in total. The van der Waals surface area contributed by atoms with Gasteiger partial charge in [-0.05, 0) is 37.6 Å². The van der Waals surface area contributed by atoms with Gasteiger partial charge >= 0.3 is 6.18 Å². The normalized spacial score (nSPS) is 24.0. The molecule has 1 saturated heterocycles. The van der Waals surface area contributed by atoms with E-state index in [0.717, 1.165) is 17.8 Å². The van der Waals surface area contributed by atoms with Gasteiger partial charge in [-0.2, -0.15) is 13.2 Å². The Hall–Kier alpha value is -1.27. The number of anilines is 1. The predicted octanol–water partition coefficient (Wildman–Crippen LogP) is 2.78. The molecule has 2 unspecified atom stereocenters. The molecule has 2 N–H and O–H groups in total. The third kappa shape index (κ3) is 3.24. The topological polar surface area (TPSA) is 38.5 Å². The van der Waals surface area contributed by atoms with Crippen molar-refractivity contribution in [2.75, 3.05) is 18.0 Å². The van der Waals surface area contributed by atoms with Crippen LogP contribution in [0.1, 0.15) is 25.0 Å². The van der Waals surface area contributed by atoms with Gasteiger partial charge in [0.15, 0.2) is 0 Å². The Kier molecular flexibility index (Phi) is 4.25. The lowest BCUT2D eigenvalue weighted by molar-refractivity contribution is -0.137. The first-order valence-corrected chi connectivity index (χ1v) is 6.62. The molecule has 1 fully saturated rings. The molecule has 2 atom stereocenters. The maximum absolute atomic E-state index is 12.7. The number of morpholine rings is 1. The first kappa shape index (κ1) is 15.1. The van der Waals surface area contributed by atoms with Gasteiger partial charge in [0.05, 0.1) is 17.8 Å². The molecule has 0 spiro atoms. The van der Waals surface area contributed by atoms with Crippen molar-refractivity contribution in [2.45, 2.75) is 38.8 Å². The largest absolute Gasteiger partial charge is 0.416 e. The van der Waals surface area contributed by atoms with E-state index in [2.05, 4.69) is 0 Å². The smallest absolute Gasteiger partial charge is 0.372 e. The van der Waals surface area contributed by atoms with Gasteiger partial charge < -0.3 is 15.4 Å². The van der Waals surface area contributed by atoms with Gasteiger partial charge in [0.25, 0.3) is 0 Å². The maximum atomic E-state index is 12.7. The average molecular weight is 288 g/mol. The number of nitrogens with zero attached hydrogens (tertiary/aromatic N) is 1. The van der Waals surface area contributed by atoms with Crippen molar-refractivity contribution in [3.8, 4) is 0 Å². The second-order valence-corrected chi connectivity index (χ2v) is 5.21. The molecule has 1 aliphatic rings. The highest BCUT2D eigenvalue weighted by atomic mass is 19.4. The van der Waals surface area contributed by atoms with Crippen LogP contribution in [0.4, 0.5) is 18.9 Å². The van der Waals surface area contributed by atoms with Crippen LogP contribution in [0.25, 0.3) is 0 Å². The van der Waals surface area contributed by atoms with Crippen LogP contribution in [-0.4, -0.2) is 25.3 Å². The van der Waals surface area contributed by atoms with Crippen LogP contribution in [0.15, 0.2) is 18.2 Å². The summed E-state index contributed by atoms with van der Waals surface area (Å²) < 4.78 is 43.8. The van der Waals surface area contributed by atoms with E-state index in [1.807, 2.05) is 18.7 Å². The summed E-state index contributed by atoms with van der Waals surface area (Å²) in [5, 5.41) is 0. The minimum absolute atomic E-state index is 0.0478. The highest BCUT2D eigenvalue weighted by Gasteiger charge is 2.32. The summed E-state index contributed by atoms with van der Waals surface area (Å²) >= 11 is 0. The molecule has 1 aromatic carbocycles. The van der Waals surface area contributed by atoms with Crippen LogP contribution in [0.5, 0.6) is 0 Å². The number of alkyl halides is 3. The van der Waals surface area contributed by atoms with E-state index >= 15 is 0 Å². The molecule has 0 amide bonds. The number of rotatable bonds is 2. The minimum atomic E-state index is -4.34. The molecule has 0 bridgehead atoms. The van der Waals surface area contributed by atoms with E-state index < -0.39 is 11.7 Å². The SMILES string of the molecule is CC1CN(c2ccc(C(F)(F)F)cc2CN)CC(C)O1. The highest BCUT2D eigenvalue weighted by Crippen LogP contribution is 2.33. The van der Waals surface area contributed by atoms with Crippen molar-refractivity contribution < 1.29 is 17.9 Å². The fraction of sp³-hybridized carbons (Fsp3) is 0.571. The standard InChI is InChI=1S/C14H19F3N2O/c1-9-7-19(8-10(2)20-9)13-4-3-12(14(15,16)17)5-11(13)6-18/h3-5,9-10H,6-8,18H2,1-2H3. The van der Waals surface area contributed by atoms with Crippen molar-refractivity contribution in [2.24, 2.45) is 5.73 Å². The molecule has 0 aliphatic carbocycles. The molecule has 112 valence electrons. The van der Waals surface area contributed by atoms with Gasteiger partial charge in [-0.1, -0.05) is 0 Å². The predicted molar refractivity (Wildman–Crippen MR) is 71.6 cm³/mol. The van der Waals surface area contributed by atoms with Crippen LogP contribution >= 0.6 is 0 Å². The van der Waals surface area contributed by atoms with Gasteiger partial charge in [0, 0.05) is 25.3 Å². The number of nitrogens with two attached hydrogens (primary N) is 1. The van der Waals surface area contributed by atoms with Gasteiger partial charge in [-0.3, -0.25) is 0 Å². The quantitative estimate of drug-likeness (QED) is 0.909. The van der Waals surface area contributed by atoms with Crippen LogP contribution in [0, 0.1) is 0 Å². The van der Waals surface area contributed by atoms with E-state index in [4.69, 9.17) is 10.5 Å². The van der Waals surface area contributed by atoms with Crippen LogP contribution in [0.3, 0.4) is 0 Å². The summed E-state index contributed by atoms with van der Waals surface area (Å²) in [6, 6.07) is 3.76. The van der Waals surface area contributed by atoms with Gasteiger partial charge in [-0.15, -0.1) is 0 Å². The molecular weight excluding hydrogens is 269 g/mol. The van der Waals surface area contributed by atoms with E-state index in [-0.39, 0.29) is 18.8 Å². The summed E-state index contributed by atoms with van der Waals surface area (Å²) in [7, 11) is 0. The Labute approximate surface area is 116 Å². The zero-order chi connectivity index (χ0) is 14.9. The lowest BCUT2D eigenvalue weighted by atomic mass is 10.1. The second kappa shape index (κ2) is 5.61. The molecule has 20 heavy (non-hydrogen) atoms. The van der Waals surface area contributed by atoms with E-state index in [1.54, 1.807) is 0 Å². The first-order chi connectivity index (χ1) is 9.31. The Morgan fingerprint density at radius 3 is 2.35 bits per heavy atom. The zero-order valence-corrected chi connectivity index (χ0v) is 11.6. The Morgan fingerprint density at radius 2 is 1.85 bits per heavy atom. The summed E-state index contributed by atoms with van der Waals surface area (Å²) in [5.41, 5.74) is 6.24. The van der Waals surface area contributed by atoms with Crippen LogP contribution < -0.4 is 10.6 Å². The summed E-state index contributed by atoms with van der Waals surface area (Å²) in [4.78, 5) is 2.04. The van der Waals surface area contributed by atoms with E-state index in [1.165, 1.54) is 6.07 Å².